The summed E-state index contributed by atoms with van der Waals surface area (Å²) in [7, 11) is 0. The molecule has 2 aliphatic heterocycles. The van der Waals surface area contributed by atoms with Gasteiger partial charge in [0.25, 0.3) is 0 Å². The first-order valence-electron chi connectivity index (χ1n) is 5.56. The van der Waals surface area contributed by atoms with Crippen LogP contribution in [0.3, 0.4) is 0 Å². The third-order valence-electron chi connectivity index (χ3n) is 2.81. The molecule has 0 aromatic heterocycles. The highest BCUT2D eigenvalue weighted by molar-refractivity contribution is 4.81. The molecule has 0 aliphatic carbocycles. The normalized spacial score (nSPS) is 40.9. The fourth-order valence-corrected chi connectivity index (χ4v) is 2.11. The maximum absolute atomic E-state index is 5.85. The Hall–Kier alpha value is -0.120. The lowest BCUT2D eigenvalue weighted by atomic mass is 10.0. The zero-order valence-corrected chi connectivity index (χ0v) is 9.29. The monoisotopic (exact) mass is 200 g/mol. The van der Waals surface area contributed by atoms with Crippen LogP contribution in [-0.4, -0.2) is 30.7 Å². The van der Waals surface area contributed by atoms with Crippen LogP contribution in [0.25, 0.3) is 0 Å². The van der Waals surface area contributed by atoms with Crippen LogP contribution >= 0.6 is 0 Å². The van der Waals surface area contributed by atoms with Crippen LogP contribution in [0, 0.1) is 0 Å². The standard InChI is InChI=1S/C11H20O3/c1-4-8-5-9(6-10-7-12-10)14-11(2,3)13-8/h8-10H,4-7H2,1-3H3/t8-,9-,10-/m1/s1. The second-order valence-corrected chi connectivity index (χ2v) is 4.71. The first-order chi connectivity index (χ1) is 6.59. The third kappa shape index (κ3) is 2.69. The van der Waals surface area contributed by atoms with Crippen molar-refractivity contribution in [2.45, 2.75) is 64.1 Å². The molecule has 2 aliphatic rings. The van der Waals surface area contributed by atoms with Crippen molar-refractivity contribution < 1.29 is 14.2 Å². The van der Waals surface area contributed by atoms with Gasteiger partial charge < -0.3 is 14.2 Å². The highest BCUT2D eigenvalue weighted by atomic mass is 16.7. The van der Waals surface area contributed by atoms with Gasteiger partial charge in [-0.05, 0) is 20.3 Å². The molecule has 0 spiro atoms. The minimum absolute atomic E-state index is 0.316. The van der Waals surface area contributed by atoms with Gasteiger partial charge in [-0.25, -0.2) is 0 Å². The summed E-state index contributed by atoms with van der Waals surface area (Å²) in [6.07, 6.45) is 4.22. The van der Waals surface area contributed by atoms with E-state index in [2.05, 4.69) is 6.92 Å². The highest BCUT2D eigenvalue weighted by Gasteiger charge is 2.37. The van der Waals surface area contributed by atoms with E-state index in [0.29, 0.717) is 18.3 Å². The zero-order valence-electron chi connectivity index (χ0n) is 9.29. The van der Waals surface area contributed by atoms with Crippen molar-refractivity contribution in [1.82, 2.24) is 0 Å². The van der Waals surface area contributed by atoms with Crippen molar-refractivity contribution in [2.75, 3.05) is 6.61 Å². The fraction of sp³-hybridized carbons (Fsp3) is 1.00. The molecule has 0 radical (unpaired) electrons. The van der Waals surface area contributed by atoms with Crippen molar-refractivity contribution >= 4 is 0 Å². The van der Waals surface area contributed by atoms with E-state index in [9.17, 15) is 0 Å². The topological polar surface area (TPSA) is 31.0 Å². The maximum atomic E-state index is 5.85. The molecule has 2 rings (SSSR count). The van der Waals surface area contributed by atoms with E-state index in [4.69, 9.17) is 14.2 Å². The molecule has 0 unspecified atom stereocenters. The van der Waals surface area contributed by atoms with Gasteiger partial charge in [-0.3, -0.25) is 0 Å². The molecule has 0 amide bonds. The Morgan fingerprint density at radius 2 is 1.79 bits per heavy atom. The van der Waals surface area contributed by atoms with Crippen LogP contribution in [0.4, 0.5) is 0 Å². The Balaban J connectivity index is 1.89. The first kappa shape index (κ1) is 10.4. The molecular weight excluding hydrogens is 180 g/mol. The Morgan fingerprint density at radius 1 is 1.14 bits per heavy atom. The Kier molecular flexibility index (Phi) is 2.82. The molecule has 82 valence electrons. The van der Waals surface area contributed by atoms with Crippen LogP contribution in [0.1, 0.15) is 40.0 Å². The quantitative estimate of drug-likeness (QED) is 0.654. The Labute approximate surface area is 85.7 Å². The molecule has 2 fully saturated rings. The van der Waals surface area contributed by atoms with Gasteiger partial charge in [0.15, 0.2) is 5.79 Å². The minimum Gasteiger partial charge on any atom is -0.373 e. The highest BCUT2D eigenvalue weighted by Crippen LogP contribution is 2.32. The SMILES string of the molecule is CC[C@@H]1C[C@H](C[C@@H]2CO2)OC(C)(C)O1. The molecule has 3 atom stereocenters. The molecule has 0 saturated carbocycles. The predicted molar refractivity (Wildman–Crippen MR) is 53.1 cm³/mol. The molecule has 3 heteroatoms. The molecule has 0 N–H and O–H groups in total. The number of rotatable bonds is 3. The molecule has 2 saturated heterocycles. The van der Waals surface area contributed by atoms with Crippen molar-refractivity contribution in [2.24, 2.45) is 0 Å². The van der Waals surface area contributed by atoms with Gasteiger partial charge in [0.1, 0.15) is 0 Å². The van der Waals surface area contributed by atoms with Crippen LogP contribution in [0.5, 0.6) is 0 Å². The molecule has 0 aromatic carbocycles. The molecule has 14 heavy (non-hydrogen) atoms. The van der Waals surface area contributed by atoms with Gasteiger partial charge >= 0.3 is 0 Å². The van der Waals surface area contributed by atoms with E-state index in [0.717, 1.165) is 25.9 Å². The molecule has 0 bridgehead atoms. The summed E-state index contributed by atoms with van der Waals surface area (Å²) in [4.78, 5) is 0. The van der Waals surface area contributed by atoms with E-state index < -0.39 is 5.79 Å². The van der Waals surface area contributed by atoms with Gasteiger partial charge in [-0.2, -0.15) is 0 Å². The minimum atomic E-state index is -0.418. The molecule has 3 nitrogen and oxygen atoms in total. The molecule has 2 heterocycles. The van der Waals surface area contributed by atoms with Crippen molar-refractivity contribution in [3.05, 3.63) is 0 Å². The lowest BCUT2D eigenvalue weighted by Gasteiger charge is -2.40. The summed E-state index contributed by atoms with van der Waals surface area (Å²) in [5.74, 6) is -0.418. The predicted octanol–water partition coefficient (Wildman–Crippen LogP) is 2.10. The van der Waals surface area contributed by atoms with Gasteiger partial charge in [0.2, 0.25) is 0 Å². The number of ether oxygens (including phenoxy) is 3. The zero-order chi connectivity index (χ0) is 10.2. The van der Waals surface area contributed by atoms with Crippen LogP contribution in [0.15, 0.2) is 0 Å². The van der Waals surface area contributed by atoms with Gasteiger partial charge in [-0.1, -0.05) is 6.92 Å². The van der Waals surface area contributed by atoms with E-state index in [1.807, 2.05) is 13.8 Å². The summed E-state index contributed by atoms with van der Waals surface area (Å²) in [6, 6.07) is 0. The van der Waals surface area contributed by atoms with Crippen molar-refractivity contribution in [3.63, 3.8) is 0 Å². The smallest absolute Gasteiger partial charge is 0.163 e. The number of epoxide rings is 1. The summed E-state index contributed by atoms with van der Waals surface area (Å²) < 4.78 is 16.9. The second-order valence-electron chi connectivity index (χ2n) is 4.71. The van der Waals surface area contributed by atoms with E-state index in [-0.39, 0.29) is 0 Å². The summed E-state index contributed by atoms with van der Waals surface area (Å²) in [6.45, 7) is 7.07. The molecule has 0 aromatic rings. The molecular formula is C11H20O3. The van der Waals surface area contributed by atoms with Gasteiger partial charge in [0.05, 0.1) is 24.9 Å². The third-order valence-corrected chi connectivity index (χ3v) is 2.81. The van der Waals surface area contributed by atoms with E-state index >= 15 is 0 Å². The van der Waals surface area contributed by atoms with E-state index in [1.165, 1.54) is 0 Å². The van der Waals surface area contributed by atoms with Crippen molar-refractivity contribution in [1.29, 1.82) is 0 Å². The Bertz CT molecular complexity index is 199. The lowest BCUT2D eigenvalue weighted by Crippen LogP contribution is -2.44. The fourth-order valence-electron chi connectivity index (χ4n) is 2.11. The van der Waals surface area contributed by atoms with Crippen molar-refractivity contribution in [3.8, 4) is 0 Å². The van der Waals surface area contributed by atoms with E-state index in [1.54, 1.807) is 0 Å². The lowest BCUT2D eigenvalue weighted by molar-refractivity contribution is -0.300. The first-order valence-corrected chi connectivity index (χ1v) is 5.56. The second kappa shape index (κ2) is 3.80. The number of hydrogen-bond acceptors (Lipinski definition) is 3. The average Bonchev–Trinajstić information content (AvgIpc) is 2.85. The summed E-state index contributed by atoms with van der Waals surface area (Å²) in [5.41, 5.74) is 0. The Morgan fingerprint density at radius 3 is 2.36 bits per heavy atom. The average molecular weight is 200 g/mol. The summed E-state index contributed by atoms with van der Waals surface area (Å²) >= 11 is 0. The summed E-state index contributed by atoms with van der Waals surface area (Å²) in [5, 5.41) is 0. The van der Waals surface area contributed by atoms with Crippen LogP contribution < -0.4 is 0 Å². The van der Waals surface area contributed by atoms with Crippen LogP contribution in [-0.2, 0) is 14.2 Å². The van der Waals surface area contributed by atoms with Gasteiger partial charge in [-0.15, -0.1) is 0 Å². The van der Waals surface area contributed by atoms with Crippen LogP contribution in [0.2, 0.25) is 0 Å². The largest absolute Gasteiger partial charge is 0.373 e. The maximum Gasteiger partial charge on any atom is 0.163 e. The number of hydrogen-bond donors (Lipinski definition) is 0. The van der Waals surface area contributed by atoms with Gasteiger partial charge in [0, 0.05) is 12.8 Å².